The lowest BCUT2D eigenvalue weighted by Crippen LogP contribution is -2.44. The van der Waals surface area contributed by atoms with Crippen LogP contribution in [0.1, 0.15) is 26.7 Å². The SMILES string of the molecule is CCC1(C)CC(=O)N(c2cccc(O)c2)N1. The van der Waals surface area contributed by atoms with Gasteiger partial charge in [-0.3, -0.25) is 4.79 Å². The Balaban J connectivity index is 2.27. The van der Waals surface area contributed by atoms with Crippen molar-refractivity contribution in [3.63, 3.8) is 0 Å². The maximum atomic E-state index is 11.8. The number of aromatic hydroxyl groups is 1. The Labute approximate surface area is 94.9 Å². The number of carbonyl (C=O) groups excluding carboxylic acids is 1. The van der Waals surface area contributed by atoms with Crippen LogP contribution < -0.4 is 10.4 Å². The Morgan fingerprint density at radius 2 is 2.31 bits per heavy atom. The summed E-state index contributed by atoms with van der Waals surface area (Å²) in [6.07, 6.45) is 1.37. The van der Waals surface area contributed by atoms with Gasteiger partial charge in [0.05, 0.1) is 5.69 Å². The van der Waals surface area contributed by atoms with Gasteiger partial charge in [-0.25, -0.2) is 10.4 Å². The molecule has 1 aliphatic heterocycles. The summed E-state index contributed by atoms with van der Waals surface area (Å²) in [7, 11) is 0. The first-order valence-corrected chi connectivity index (χ1v) is 5.44. The lowest BCUT2D eigenvalue weighted by Gasteiger charge is -2.24. The predicted octanol–water partition coefficient (Wildman–Crippen LogP) is 1.80. The van der Waals surface area contributed by atoms with E-state index in [1.807, 2.05) is 13.8 Å². The normalized spacial score (nSPS) is 25.1. The van der Waals surface area contributed by atoms with Gasteiger partial charge < -0.3 is 5.11 Å². The molecule has 1 heterocycles. The molecule has 1 atom stereocenters. The van der Waals surface area contributed by atoms with Crippen molar-refractivity contribution in [2.45, 2.75) is 32.2 Å². The van der Waals surface area contributed by atoms with Gasteiger partial charge in [-0.1, -0.05) is 13.0 Å². The lowest BCUT2D eigenvalue weighted by molar-refractivity contribution is -0.117. The summed E-state index contributed by atoms with van der Waals surface area (Å²) in [6, 6.07) is 6.68. The molecular weight excluding hydrogens is 204 g/mol. The minimum absolute atomic E-state index is 0.0370. The molecule has 1 aromatic rings. The number of rotatable bonds is 2. The highest BCUT2D eigenvalue weighted by Gasteiger charge is 2.38. The number of amides is 1. The van der Waals surface area contributed by atoms with E-state index in [0.717, 1.165) is 6.42 Å². The molecule has 1 aliphatic rings. The highest BCUT2D eigenvalue weighted by molar-refractivity contribution is 5.95. The van der Waals surface area contributed by atoms with Crippen LogP contribution in [0.25, 0.3) is 0 Å². The molecule has 0 radical (unpaired) electrons. The first kappa shape index (κ1) is 11.0. The molecule has 4 nitrogen and oxygen atoms in total. The van der Waals surface area contributed by atoms with Crippen LogP contribution in [0.4, 0.5) is 5.69 Å². The minimum Gasteiger partial charge on any atom is -0.508 e. The Morgan fingerprint density at radius 3 is 2.88 bits per heavy atom. The molecule has 2 rings (SSSR count). The number of phenolic OH excluding ortho intramolecular Hbond substituents is 1. The number of benzene rings is 1. The molecule has 1 fully saturated rings. The zero-order chi connectivity index (χ0) is 11.8. The monoisotopic (exact) mass is 220 g/mol. The van der Waals surface area contributed by atoms with Crippen LogP contribution in [0.2, 0.25) is 0 Å². The van der Waals surface area contributed by atoms with Gasteiger partial charge in [0, 0.05) is 18.0 Å². The van der Waals surface area contributed by atoms with Gasteiger partial charge in [-0.05, 0) is 25.5 Å². The van der Waals surface area contributed by atoms with Gasteiger partial charge in [0.1, 0.15) is 5.75 Å². The van der Waals surface area contributed by atoms with Gasteiger partial charge >= 0.3 is 0 Å². The number of hydrogen-bond donors (Lipinski definition) is 2. The first-order chi connectivity index (χ1) is 7.54. The van der Waals surface area contributed by atoms with Crippen molar-refractivity contribution in [3.05, 3.63) is 24.3 Å². The zero-order valence-electron chi connectivity index (χ0n) is 9.53. The summed E-state index contributed by atoms with van der Waals surface area (Å²) in [6.45, 7) is 4.07. The van der Waals surface area contributed by atoms with E-state index in [9.17, 15) is 9.90 Å². The second-order valence-corrected chi connectivity index (χ2v) is 4.45. The summed E-state index contributed by atoms with van der Waals surface area (Å²) in [4.78, 5) is 11.8. The highest BCUT2D eigenvalue weighted by Crippen LogP contribution is 2.28. The van der Waals surface area contributed by atoms with Crippen LogP contribution in [0.15, 0.2) is 24.3 Å². The van der Waals surface area contributed by atoms with Gasteiger partial charge in [0.25, 0.3) is 0 Å². The Morgan fingerprint density at radius 1 is 1.56 bits per heavy atom. The fraction of sp³-hybridized carbons (Fsp3) is 0.417. The van der Waals surface area contributed by atoms with E-state index in [0.29, 0.717) is 12.1 Å². The summed E-state index contributed by atoms with van der Waals surface area (Å²) >= 11 is 0. The summed E-state index contributed by atoms with van der Waals surface area (Å²) < 4.78 is 0. The molecule has 2 N–H and O–H groups in total. The standard InChI is InChI=1S/C12H16N2O2/c1-3-12(2)8-11(16)14(13-12)9-5-4-6-10(15)7-9/h4-7,13,15H,3,8H2,1-2H3. The largest absolute Gasteiger partial charge is 0.508 e. The van der Waals surface area contributed by atoms with Gasteiger partial charge in [-0.2, -0.15) is 0 Å². The molecule has 1 saturated heterocycles. The number of nitrogens with zero attached hydrogens (tertiary/aromatic N) is 1. The van der Waals surface area contributed by atoms with E-state index >= 15 is 0 Å². The molecule has 0 aromatic heterocycles. The van der Waals surface area contributed by atoms with E-state index in [-0.39, 0.29) is 17.2 Å². The van der Waals surface area contributed by atoms with Gasteiger partial charge in [0.15, 0.2) is 0 Å². The van der Waals surface area contributed by atoms with Gasteiger partial charge in [0.2, 0.25) is 5.91 Å². The third kappa shape index (κ3) is 1.88. The summed E-state index contributed by atoms with van der Waals surface area (Å²) in [5.41, 5.74) is 3.69. The molecule has 0 aliphatic carbocycles. The second kappa shape index (κ2) is 3.79. The number of nitrogens with one attached hydrogen (secondary N) is 1. The van der Waals surface area contributed by atoms with Crippen LogP contribution in [0.3, 0.4) is 0 Å². The van der Waals surface area contributed by atoms with Crippen LogP contribution in [0.5, 0.6) is 5.75 Å². The number of anilines is 1. The summed E-state index contributed by atoms with van der Waals surface area (Å²) in [5.74, 6) is 0.201. The van der Waals surface area contributed by atoms with Crippen LogP contribution in [-0.4, -0.2) is 16.6 Å². The Bertz CT molecular complexity index is 419. The second-order valence-electron chi connectivity index (χ2n) is 4.45. The first-order valence-electron chi connectivity index (χ1n) is 5.44. The molecule has 0 bridgehead atoms. The maximum absolute atomic E-state index is 11.8. The minimum atomic E-state index is -0.178. The number of carbonyl (C=O) groups is 1. The van der Waals surface area contributed by atoms with Crippen LogP contribution in [0, 0.1) is 0 Å². The van der Waals surface area contributed by atoms with Crippen molar-refractivity contribution >= 4 is 11.6 Å². The van der Waals surface area contributed by atoms with E-state index < -0.39 is 0 Å². The van der Waals surface area contributed by atoms with Crippen molar-refractivity contribution in [1.29, 1.82) is 0 Å². The molecule has 0 saturated carbocycles. The smallest absolute Gasteiger partial charge is 0.243 e. The van der Waals surface area contributed by atoms with Crippen molar-refractivity contribution in [1.82, 2.24) is 5.43 Å². The average molecular weight is 220 g/mol. The molecule has 86 valence electrons. The van der Waals surface area contributed by atoms with Crippen molar-refractivity contribution in [2.75, 3.05) is 5.01 Å². The molecule has 4 heteroatoms. The highest BCUT2D eigenvalue weighted by atomic mass is 16.3. The fourth-order valence-corrected chi connectivity index (χ4v) is 1.83. The molecule has 1 amide bonds. The molecule has 0 spiro atoms. The fourth-order valence-electron chi connectivity index (χ4n) is 1.83. The maximum Gasteiger partial charge on any atom is 0.243 e. The van der Waals surface area contributed by atoms with Gasteiger partial charge in [-0.15, -0.1) is 0 Å². The quantitative estimate of drug-likeness (QED) is 0.799. The predicted molar refractivity (Wildman–Crippen MR) is 62.0 cm³/mol. The van der Waals surface area contributed by atoms with Crippen molar-refractivity contribution in [2.24, 2.45) is 0 Å². The average Bonchev–Trinajstić information content (AvgIpc) is 2.55. The lowest BCUT2D eigenvalue weighted by atomic mass is 9.97. The molecular formula is C12H16N2O2. The number of phenols is 1. The number of hydrazine groups is 1. The van der Waals surface area contributed by atoms with Crippen LogP contribution in [-0.2, 0) is 4.79 Å². The third-order valence-corrected chi connectivity index (χ3v) is 3.04. The van der Waals surface area contributed by atoms with Crippen LogP contribution >= 0.6 is 0 Å². The summed E-state index contributed by atoms with van der Waals surface area (Å²) in [5, 5.41) is 10.9. The Hall–Kier alpha value is -1.55. The third-order valence-electron chi connectivity index (χ3n) is 3.04. The van der Waals surface area contributed by atoms with E-state index in [1.54, 1.807) is 24.3 Å². The molecule has 16 heavy (non-hydrogen) atoms. The van der Waals surface area contributed by atoms with Crippen molar-refractivity contribution in [3.8, 4) is 5.75 Å². The van der Waals surface area contributed by atoms with Crippen molar-refractivity contribution < 1.29 is 9.90 Å². The zero-order valence-corrected chi connectivity index (χ0v) is 9.53. The topological polar surface area (TPSA) is 52.6 Å². The van der Waals surface area contributed by atoms with E-state index in [4.69, 9.17) is 0 Å². The number of hydrogen-bond acceptors (Lipinski definition) is 3. The molecule has 1 unspecified atom stereocenters. The van der Waals surface area contributed by atoms with E-state index in [2.05, 4.69) is 5.43 Å². The molecule has 1 aromatic carbocycles. The van der Waals surface area contributed by atoms with E-state index in [1.165, 1.54) is 5.01 Å². The Kier molecular flexibility index (Phi) is 2.59.